The average Bonchev–Trinajstić information content (AvgIpc) is 3.04. The average molecular weight is 413 g/mol. The van der Waals surface area contributed by atoms with E-state index in [-0.39, 0.29) is 41.2 Å². The van der Waals surface area contributed by atoms with Crippen molar-refractivity contribution in [2.45, 2.75) is 79.2 Å². The Labute approximate surface area is 180 Å². The Morgan fingerprint density at radius 1 is 1.23 bits per heavy atom. The third kappa shape index (κ3) is 3.14. The van der Waals surface area contributed by atoms with Crippen LogP contribution >= 0.6 is 0 Å². The lowest BCUT2D eigenvalue weighted by molar-refractivity contribution is -0.162. The molecule has 164 valence electrons. The lowest BCUT2D eigenvalue weighted by Gasteiger charge is -2.51. The van der Waals surface area contributed by atoms with Gasteiger partial charge < -0.3 is 9.84 Å². The van der Waals surface area contributed by atoms with Crippen LogP contribution in [0, 0.1) is 28.1 Å². The topological polar surface area (TPSA) is 63.6 Å². The van der Waals surface area contributed by atoms with Gasteiger partial charge in [-0.3, -0.25) is 9.59 Å². The number of fused-ring (bicyclic) bond motifs is 4. The van der Waals surface area contributed by atoms with Gasteiger partial charge in [-0.05, 0) is 88.4 Å². The van der Waals surface area contributed by atoms with Crippen LogP contribution < -0.4 is 0 Å². The monoisotopic (exact) mass is 412 g/mol. The lowest BCUT2D eigenvalue weighted by Crippen LogP contribution is -2.46. The number of hydrogen-bond acceptors (Lipinski definition) is 4. The van der Waals surface area contributed by atoms with Gasteiger partial charge in [0.2, 0.25) is 0 Å². The number of ketones is 1. The van der Waals surface area contributed by atoms with E-state index in [4.69, 9.17) is 4.74 Å². The van der Waals surface area contributed by atoms with Gasteiger partial charge in [-0.2, -0.15) is 0 Å². The first-order chi connectivity index (χ1) is 14.0. The molecular weight excluding hydrogens is 376 g/mol. The largest absolute Gasteiger partial charge is 0.462 e. The molecule has 5 atom stereocenters. The van der Waals surface area contributed by atoms with Gasteiger partial charge in [0.05, 0.1) is 12.0 Å². The summed E-state index contributed by atoms with van der Waals surface area (Å²) >= 11 is 0. The van der Waals surface area contributed by atoms with Gasteiger partial charge in [0.25, 0.3) is 0 Å². The summed E-state index contributed by atoms with van der Waals surface area (Å²) in [6.45, 7) is 10.2. The van der Waals surface area contributed by atoms with E-state index in [1.165, 1.54) is 11.1 Å². The molecule has 4 rings (SSSR count). The molecule has 0 saturated heterocycles. The molecule has 0 unspecified atom stereocenters. The third-order valence-corrected chi connectivity index (χ3v) is 8.46. The molecule has 1 N–H and O–H groups in total. The molecule has 30 heavy (non-hydrogen) atoms. The van der Waals surface area contributed by atoms with Crippen LogP contribution in [0.25, 0.3) is 0 Å². The molecule has 0 bridgehead atoms. The van der Waals surface area contributed by atoms with Gasteiger partial charge in [-0.25, -0.2) is 0 Å². The van der Waals surface area contributed by atoms with Crippen molar-refractivity contribution in [1.29, 1.82) is 0 Å². The maximum absolute atomic E-state index is 12.5. The molecule has 0 aromatic rings. The van der Waals surface area contributed by atoms with Crippen molar-refractivity contribution < 1.29 is 19.4 Å². The first-order valence-electron chi connectivity index (χ1n) is 11.5. The number of carbonyl (C=O) groups is 2. The zero-order chi connectivity index (χ0) is 21.9. The number of aliphatic hydroxyl groups is 1. The molecule has 4 nitrogen and oxygen atoms in total. The summed E-state index contributed by atoms with van der Waals surface area (Å²) in [4.78, 5) is 24.5. The summed E-state index contributed by atoms with van der Waals surface area (Å²) in [5.74, 6) is 0.634. The predicted molar refractivity (Wildman–Crippen MR) is 117 cm³/mol. The molecule has 1 saturated carbocycles. The second-order valence-electron chi connectivity index (χ2n) is 11.2. The Kier molecular flexibility index (Phi) is 5.16. The van der Waals surface area contributed by atoms with Crippen molar-refractivity contribution >= 4 is 11.8 Å². The highest BCUT2D eigenvalue weighted by Gasteiger charge is 2.55. The SMILES string of the molecule is C[C@H](OC(=O)C(C)(C)C)[C@H]1CCC2=C3C=CC4=CC(=O)CC[C@]4(CO)[C@H]3CC[C@@]21C. The lowest BCUT2D eigenvalue weighted by atomic mass is 9.53. The van der Waals surface area contributed by atoms with Crippen LogP contribution in [0.4, 0.5) is 0 Å². The molecule has 1 fully saturated rings. The highest BCUT2D eigenvalue weighted by Crippen LogP contribution is 2.63. The van der Waals surface area contributed by atoms with E-state index in [1.54, 1.807) is 6.08 Å². The number of aliphatic hydroxyl groups excluding tert-OH is 1. The fourth-order valence-corrected chi connectivity index (χ4v) is 6.65. The Bertz CT molecular complexity index is 855. The molecular formula is C26H36O4. The Hall–Kier alpha value is -1.68. The zero-order valence-corrected chi connectivity index (χ0v) is 19.1. The number of allylic oxidation sites excluding steroid dienone is 5. The first-order valence-corrected chi connectivity index (χ1v) is 11.5. The van der Waals surface area contributed by atoms with Crippen LogP contribution in [-0.4, -0.2) is 29.6 Å². The molecule has 4 aliphatic carbocycles. The van der Waals surface area contributed by atoms with Crippen molar-refractivity contribution in [1.82, 2.24) is 0 Å². The maximum atomic E-state index is 12.5. The van der Waals surface area contributed by atoms with E-state index in [1.807, 2.05) is 20.8 Å². The highest BCUT2D eigenvalue weighted by atomic mass is 16.5. The number of hydrogen-bond donors (Lipinski definition) is 1. The van der Waals surface area contributed by atoms with Gasteiger partial charge in [-0.1, -0.05) is 24.6 Å². The number of carbonyl (C=O) groups excluding carboxylic acids is 2. The van der Waals surface area contributed by atoms with Crippen LogP contribution in [0.2, 0.25) is 0 Å². The van der Waals surface area contributed by atoms with E-state index in [2.05, 4.69) is 26.0 Å². The van der Waals surface area contributed by atoms with E-state index in [0.29, 0.717) is 12.3 Å². The minimum Gasteiger partial charge on any atom is -0.462 e. The third-order valence-electron chi connectivity index (χ3n) is 8.46. The zero-order valence-electron chi connectivity index (χ0n) is 19.1. The van der Waals surface area contributed by atoms with Crippen molar-refractivity contribution in [2.75, 3.05) is 6.61 Å². The summed E-state index contributed by atoms with van der Waals surface area (Å²) in [5.41, 5.74) is 3.10. The second kappa shape index (κ2) is 7.19. The van der Waals surface area contributed by atoms with E-state index >= 15 is 0 Å². The summed E-state index contributed by atoms with van der Waals surface area (Å²) in [5, 5.41) is 10.5. The van der Waals surface area contributed by atoms with Crippen LogP contribution in [0.5, 0.6) is 0 Å². The van der Waals surface area contributed by atoms with Crippen molar-refractivity contribution in [3.05, 3.63) is 34.9 Å². The van der Waals surface area contributed by atoms with Crippen molar-refractivity contribution in [3.8, 4) is 0 Å². The fraction of sp³-hybridized carbons (Fsp3) is 0.692. The van der Waals surface area contributed by atoms with Gasteiger partial charge in [0.15, 0.2) is 5.78 Å². The van der Waals surface area contributed by atoms with Crippen LogP contribution in [0.1, 0.15) is 73.1 Å². The highest BCUT2D eigenvalue weighted by molar-refractivity contribution is 5.92. The van der Waals surface area contributed by atoms with Crippen LogP contribution in [-0.2, 0) is 14.3 Å². The van der Waals surface area contributed by atoms with Crippen LogP contribution in [0.3, 0.4) is 0 Å². The van der Waals surface area contributed by atoms with Gasteiger partial charge in [-0.15, -0.1) is 0 Å². The molecule has 0 aromatic heterocycles. The van der Waals surface area contributed by atoms with Crippen molar-refractivity contribution in [2.24, 2.45) is 28.1 Å². The summed E-state index contributed by atoms with van der Waals surface area (Å²) in [6, 6.07) is 0. The standard InChI is InChI=1S/C26H36O4/c1-16(30-23(29)24(2,3)4)20-8-9-21-19-7-6-17-14-18(28)10-13-26(17,15-27)22(19)11-12-25(20,21)5/h6-7,14,16,20,22,27H,8-13,15H2,1-5H3/t16-,20+,22-,25+,26+/m0/s1. The van der Waals surface area contributed by atoms with Crippen LogP contribution in [0.15, 0.2) is 34.9 Å². The minimum atomic E-state index is -0.493. The quantitative estimate of drug-likeness (QED) is 0.668. The molecule has 0 amide bonds. The molecule has 0 aromatic carbocycles. The van der Waals surface area contributed by atoms with E-state index in [9.17, 15) is 14.7 Å². The smallest absolute Gasteiger partial charge is 0.311 e. The molecule has 0 heterocycles. The second-order valence-corrected chi connectivity index (χ2v) is 11.2. The summed E-state index contributed by atoms with van der Waals surface area (Å²) in [6.07, 6.45) is 11.3. The number of esters is 1. The van der Waals surface area contributed by atoms with Gasteiger partial charge >= 0.3 is 5.97 Å². The van der Waals surface area contributed by atoms with Gasteiger partial charge in [0, 0.05) is 17.8 Å². The predicted octanol–water partition coefficient (Wildman–Crippen LogP) is 4.92. The van der Waals surface area contributed by atoms with E-state index in [0.717, 1.165) is 37.7 Å². The first kappa shape index (κ1) is 21.5. The number of ether oxygens (including phenoxy) is 1. The molecule has 0 radical (unpaired) electrons. The Balaban J connectivity index is 1.68. The minimum absolute atomic E-state index is 0.0239. The Morgan fingerprint density at radius 3 is 2.63 bits per heavy atom. The molecule has 0 aliphatic heterocycles. The summed E-state index contributed by atoms with van der Waals surface area (Å²) in [7, 11) is 0. The van der Waals surface area contributed by atoms with E-state index < -0.39 is 5.41 Å². The number of rotatable bonds is 3. The van der Waals surface area contributed by atoms with Gasteiger partial charge in [0.1, 0.15) is 6.10 Å². The normalized spacial score (nSPS) is 36.6. The maximum Gasteiger partial charge on any atom is 0.311 e. The molecule has 0 spiro atoms. The summed E-state index contributed by atoms with van der Waals surface area (Å²) < 4.78 is 5.92. The molecule has 4 aliphatic rings. The molecule has 4 heteroatoms. The fourth-order valence-electron chi connectivity index (χ4n) is 6.65. The van der Waals surface area contributed by atoms with Crippen molar-refractivity contribution in [3.63, 3.8) is 0 Å². The Morgan fingerprint density at radius 2 is 1.97 bits per heavy atom.